The van der Waals surface area contributed by atoms with Gasteiger partial charge in [0.05, 0.1) is 6.61 Å². The number of hydrogen-bond acceptors (Lipinski definition) is 3. The van der Waals surface area contributed by atoms with Crippen LogP contribution in [0, 0.1) is 0 Å². The minimum atomic E-state index is -0.406. The summed E-state index contributed by atoms with van der Waals surface area (Å²) >= 11 is 0. The Morgan fingerprint density at radius 3 is 2.44 bits per heavy atom. The molecule has 100 valence electrons. The van der Waals surface area contributed by atoms with E-state index >= 15 is 0 Å². The summed E-state index contributed by atoms with van der Waals surface area (Å²) in [6.45, 7) is 4.37. The van der Waals surface area contributed by atoms with Crippen molar-refractivity contribution >= 4 is 5.91 Å². The number of nitrogens with one attached hydrogen (secondary N) is 1. The number of benzene rings is 1. The molecule has 0 saturated heterocycles. The van der Waals surface area contributed by atoms with Crippen molar-refractivity contribution in [3.63, 3.8) is 0 Å². The maximum atomic E-state index is 12.0. The third kappa shape index (κ3) is 4.47. The molecule has 0 radical (unpaired) electrons. The molecule has 0 atom stereocenters. The van der Waals surface area contributed by atoms with E-state index in [2.05, 4.69) is 5.32 Å². The highest BCUT2D eigenvalue weighted by molar-refractivity contribution is 5.94. The lowest BCUT2D eigenvalue weighted by Crippen LogP contribution is -2.44. The number of methoxy groups -OCH3 is 1. The molecular formula is C14H21NO3. The average molecular weight is 251 g/mol. The molecule has 1 amide bonds. The van der Waals surface area contributed by atoms with Crippen molar-refractivity contribution in [2.45, 2.75) is 32.4 Å². The van der Waals surface area contributed by atoms with E-state index in [0.717, 1.165) is 5.56 Å². The molecule has 1 aromatic carbocycles. The van der Waals surface area contributed by atoms with Crippen molar-refractivity contribution in [2.75, 3.05) is 13.7 Å². The van der Waals surface area contributed by atoms with Gasteiger partial charge in [-0.05, 0) is 38.0 Å². The fourth-order valence-corrected chi connectivity index (χ4v) is 1.64. The van der Waals surface area contributed by atoms with Gasteiger partial charge in [0.2, 0.25) is 0 Å². The topological polar surface area (TPSA) is 58.6 Å². The third-order valence-corrected chi connectivity index (χ3v) is 2.72. The lowest BCUT2D eigenvalue weighted by atomic mass is 10.0. The number of amides is 1. The molecule has 0 bridgehead atoms. The van der Waals surface area contributed by atoms with Crippen LogP contribution in [0.4, 0.5) is 0 Å². The van der Waals surface area contributed by atoms with E-state index in [4.69, 9.17) is 9.84 Å². The van der Waals surface area contributed by atoms with E-state index < -0.39 is 5.54 Å². The lowest BCUT2D eigenvalue weighted by molar-refractivity contribution is 0.0899. The van der Waals surface area contributed by atoms with E-state index in [1.54, 1.807) is 19.2 Å². The van der Waals surface area contributed by atoms with Gasteiger partial charge in [-0.2, -0.15) is 0 Å². The number of carbonyl (C=O) groups excluding carboxylic acids is 1. The molecule has 0 aliphatic heterocycles. The molecule has 4 nitrogen and oxygen atoms in total. The smallest absolute Gasteiger partial charge is 0.251 e. The van der Waals surface area contributed by atoms with Gasteiger partial charge < -0.3 is 15.2 Å². The van der Waals surface area contributed by atoms with Crippen LogP contribution in [-0.4, -0.2) is 30.3 Å². The molecule has 0 saturated carbocycles. The first kappa shape index (κ1) is 14.7. The normalized spacial score (nSPS) is 11.3. The van der Waals surface area contributed by atoms with Gasteiger partial charge in [-0.25, -0.2) is 0 Å². The van der Waals surface area contributed by atoms with Crippen LogP contribution in [0.25, 0.3) is 0 Å². The molecule has 18 heavy (non-hydrogen) atoms. The van der Waals surface area contributed by atoms with Gasteiger partial charge in [-0.3, -0.25) is 4.79 Å². The number of ether oxygens (including phenoxy) is 1. The second-order valence-corrected chi connectivity index (χ2v) is 4.94. The third-order valence-electron chi connectivity index (χ3n) is 2.72. The van der Waals surface area contributed by atoms with Gasteiger partial charge in [-0.15, -0.1) is 0 Å². The van der Waals surface area contributed by atoms with Crippen LogP contribution in [0.3, 0.4) is 0 Å². The van der Waals surface area contributed by atoms with Crippen LogP contribution in [0.2, 0.25) is 0 Å². The van der Waals surface area contributed by atoms with Crippen LogP contribution in [0.1, 0.15) is 36.2 Å². The van der Waals surface area contributed by atoms with Gasteiger partial charge in [0, 0.05) is 24.8 Å². The monoisotopic (exact) mass is 251 g/mol. The van der Waals surface area contributed by atoms with Gasteiger partial charge in [0.25, 0.3) is 5.91 Å². The summed E-state index contributed by atoms with van der Waals surface area (Å²) in [6.07, 6.45) is 0.528. The van der Waals surface area contributed by atoms with Crippen LogP contribution >= 0.6 is 0 Å². The first-order valence-electron chi connectivity index (χ1n) is 6.00. The van der Waals surface area contributed by atoms with Crippen molar-refractivity contribution in [2.24, 2.45) is 0 Å². The summed E-state index contributed by atoms with van der Waals surface area (Å²) in [5.74, 6) is -0.127. The van der Waals surface area contributed by atoms with Crippen LogP contribution in [0.15, 0.2) is 24.3 Å². The summed E-state index contributed by atoms with van der Waals surface area (Å²) in [6, 6.07) is 7.30. The van der Waals surface area contributed by atoms with Crippen molar-refractivity contribution in [1.82, 2.24) is 5.32 Å². The van der Waals surface area contributed by atoms with E-state index in [-0.39, 0.29) is 12.5 Å². The Labute approximate surface area is 108 Å². The van der Waals surface area contributed by atoms with Gasteiger partial charge in [0.15, 0.2) is 0 Å². The molecule has 0 unspecified atom stereocenters. The summed E-state index contributed by atoms with van der Waals surface area (Å²) in [5.41, 5.74) is 1.24. The maximum Gasteiger partial charge on any atom is 0.251 e. The van der Waals surface area contributed by atoms with Crippen LogP contribution in [0.5, 0.6) is 0 Å². The molecule has 0 aliphatic rings. The Hall–Kier alpha value is -1.39. The van der Waals surface area contributed by atoms with E-state index in [1.807, 2.05) is 26.0 Å². The summed E-state index contributed by atoms with van der Waals surface area (Å²) in [4.78, 5) is 12.0. The Morgan fingerprint density at radius 1 is 1.33 bits per heavy atom. The minimum absolute atomic E-state index is 0.0556. The Bertz CT molecular complexity index is 385. The van der Waals surface area contributed by atoms with E-state index in [0.29, 0.717) is 18.6 Å². The van der Waals surface area contributed by atoms with Crippen molar-refractivity contribution in [1.29, 1.82) is 0 Å². The zero-order valence-electron chi connectivity index (χ0n) is 11.2. The Kier molecular flexibility index (Phi) is 5.31. The molecule has 0 heterocycles. The second kappa shape index (κ2) is 6.52. The minimum Gasteiger partial charge on any atom is -0.396 e. The van der Waals surface area contributed by atoms with E-state index in [9.17, 15) is 4.79 Å². The standard InChI is InChI=1S/C14H21NO3/c1-14(2,8-9-16)15-13(17)12-6-4-11(5-7-12)10-18-3/h4-7,16H,8-10H2,1-3H3,(H,15,17). The zero-order chi connectivity index (χ0) is 13.6. The fraction of sp³-hybridized carbons (Fsp3) is 0.500. The van der Waals surface area contributed by atoms with Crippen LogP contribution in [-0.2, 0) is 11.3 Å². The van der Waals surface area contributed by atoms with Gasteiger partial charge in [-0.1, -0.05) is 12.1 Å². The molecule has 4 heteroatoms. The SMILES string of the molecule is COCc1ccc(C(=O)NC(C)(C)CCO)cc1. The second-order valence-electron chi connectivity index (χ2n) is 4.94. The molecule has 1 aromatic rings. The summed E-state index contributed by atoms with van der Waals surface area (Å²) in [5, 5.41) is 11.8. The Morgan fingerprint density at radius 2 is 1.94 bits per heavy atom. The average Bonchev–Trinajstić information content (AvgIpc) is 2.29. The molecule has 2 N–H and O–H groups in total. The lowest BCUT2D eigenvalue weighted by Gasteiger charge is -2.25. The van der Waals surface area contributed by atoms with Crippen LogP contribution < -0.4 is 5.32 Å². The fourth-order valence-electron chi connectivity index (χ4n) is 1.64. The first-order valence-corrected chi connectivity index (χ1v) is 6.00. The number of hydrogen-bond donors (Lipinski definition) is 2. The maximum absolute atomic E-state index is 12.0. The predicted octanol–water partition coefficient (Wildman–Crippen LogP) is 1.72. The molecule has 0 fully saturated rings. The van der Waals surface area contributed by atoms with Crippen molar-refractivity contribution in [3.05, 3.63) is 35.4 Å². The highest BCUT2D eigenvalue weighted by Crippen LogP contribution is 2.11. The quantitative estimate of drug-likeness (QED) is 0.809. The highest BCUT2D eigenvalue weighted by Gasteiger charge is 2.20. The first-order chi connectivity index (χ1) is 8.48. The molecule has 1 rings (SSSR count). The predicted molar refractivity (Wildman–Crippen MR) is 70.4 cm³/mol. The number of rotatable bonds is 6. The molecule has 0 aliphatic carbocycles. The molecule has 0 spiro atoms. The molecular weight excluding hydrogens is 230 g/mol. The number of aliphatic hydroxyl groups excluding tert-OH is 1. The van der Waals surface area contributed by atoms with E-state index in [1.165, 1.54) is 0 Å². The van der Waals surface area contributed by atoms with Gasteiger partial charge in [0.1, 0.15) is 0 Å². The van der Waals surface area contributed by atoms with Crippen molar-refractivity contribution in [3.8, 4) is 0 Å². The number of aliphatic hydroxyl groups is 1. The number of carbonyl (C=O) groups is 1. The zero-order valence-corrected chi connectivity index (χ0v) is 11.2. The summed E-state index contributed by atoms with van der Waals surface area (Å²) in [7, 11) is 1.64. The van der Waals surface area contributed by atoms with Gasteiger partial charge >= 0.3 is 0 Å². The summed E-state index contributed by atoms with van der Waals surface area (Å²) < 4.78 is 5.01. The molecule has 0 aromatic heterocycles. The van der Waals surface area contributed by atoms with Crippen molar-refractivity contribution < 1.29 is 14.6 Å². The largest absolute Gasteiger partial charge is 0.396 e. The highest BCUT2D eigenvalue weighted by atomic mass is 16.5. The Balaban J connectivity index is 2.67.